The minimum atomic E-state index is -0.896. The van der Waals surface area contributed by atoms with E-state index in [9.17, 15) is 14.7 Å². The standard InChI is InChI=1S/C12H24N2O4/c13-8-2-6-12(11(17)18,7-3-9-14)5-1-4-10(15)16/h1-9,13-14H2,(H,15,16)(H,17,18). The van der Waals surface area contributed by atoms with Crippen LogP contribution in [-0.2, 0) is 9.59 Å². The number of rotatable bonds is 11. The minimum Gasteiger partial charge on any atom is -0.481 e. The van der Waals surface area contributed by atoms with Crippen LogP contribution in [0.2, 0.25) is 0 Å². The first-order chi connectivity index (χ1) is 8.48. The van der Waals surface area contributed by atoms with Crippen LogP contribution in [0.5, 0.6) is 0 Å². The molecule has 0 bridgehead atoms. The smallest absolute Gasteiger partial charge is 0.309 e. The van der Waals surface area contributed by atoms with Crippen molar-refractivity contribution in [2.45, 2.75) is 44.9 Å². The first-order valence-electron chi connectivity index (χ1n) is 6.34. The van der Waals surface area contributed by atoms with Gasteiger partial charge in [0.15, 0.2) is 0 Å². The molecule has 18 heavy (non-hydrogen) atoms. The van der Waals surface area contributed by atoms with Gasteiger partial charge < -0.3 is 21.7 Å². The van der Waals surface area contributed by atoms with E-state index < -0.39 is 17.4 Å². The first-order valence-corrected chi connectivity index (χ1v) is 6.34. The number of hydrogen-bond donors (Lipinski definition) is 4. The summed E-state index contributed by atoms with van der Waals surface area (Å²) in [5, 5.41) is 18.0. The molecule has 0 saturated heterocycles. The zero-order valence-electron chi connectivity index (χ0n) is 10.7. The number of carboxylic acid groups (broad SMARTS) is 2. The highest BCUT2D eigenvalue weighted by Crippen LogP contribution is 2.35. The molecule has 6 nitrogen and oxygen atoms in total. The molecular weight excluding hydrogens is 236 g/mol. The van der Waals surface area contributed by atoms with Crippen LogP contribution in [0.25, 0.3) is 0 Å². The quantitative estimate of drug-likeness (QED) is 0.435. The summed E-state index contributed by atoms with van der Waals surface area (Å²) in [6, 6.07) is 0. The Morgan fingerprint density at radius 1 is 0.889 bits per heavy atom. The maximum Gasteiger partial charge on any atom is 0.309 e. The van der Waals surface area contributed by atoms with Crippen molar-refractivity contribution < 1.29 is 19.8 Å². The molecule has 0 aliphatic rings. The summed E-state index contributed by atoms with van der Waals surface area (Å²) in [6.45, 7) is 0.882. The molecule has 0 rings (SSSR count). The summed E-state index contributed by atoms with van der Waals surface area (Å²) in [7, 11) is 0. The van der Waals surface area contributed by atoms with E-state index in [0.717, 1.165) is 0 Å². The molecule has 0 aliphatic carbocycles. The van der Waals surface area contributed by atoms with Crippen LogP contribution in [0, 0.1) is 5.41 Å². The molecular formula is C12H24N2O4. The van der Waals surface area contributed by atoms with Gasteiger partial charge in [-0.15, -0.1) is 0 Å². The third-order valence-corrected chi connectivity index (χ3v) is 3.22. The average Bonchev–Trinajstić information content (AvgIpc) is 2.31. The molecule has 0 saturated carbocycles. The Labute approximate surface area is 107 Å². The van der Waals surface area contributed by atoms with Gasteiger partial charge >= 0.3 is 11.9 Å². The zero-order valence-corrected chi connectivity index (χ0v) is 10.7. The number of aliphatic carboxylic acids is 2. The molecule has 0 aromatic heterocycles. The lowest BCUT2D eigenvalue weighted by Gasteiger charge is -2.29. The van der Waals surface area contributed by atoms with Gasteiger partial charge in [-0.3, -0.25) is 9.59 Å². The molecule has 6 N–H and O–H groups in total. The van der Waals surface area contributed by atoms with Crippen molar-refractivity contribution in [2.75, 3.05) is 13.1 Å². The minimum absolute atomic E-state index is 0.000278. The SMILES string of the molecule is NCCCC(CCCN)(CCCC(=O)O)C(=O)O. The van der Waals surface area contributed by atoms with Crippen LogP contribution in [0.1, 0.15) is 44.9 Å². The molecule has 0 aromatic rings. The van der Waals surface area contributed by atoms with Crippen molar-refractivity contribution in [3.05, 3.63) is 0 Å². The van der Waals surface area contributed by atoms with Crippen LogP contribution < -0.4 is 11.5 Å². The van der Waals surface area contributed by atoms with Gasteiger partial charge in [0.2, 0.25) is 0 Å². The van der Waals surface area contributed by atoms with E-state index >= 15 is 0 Å². The largest absolute Gasteiger partial charge is 0.481 e. The predicted octanol–water partition coefficient (Wildman–Crippen LogP) is 0.790. The van der Waals surface area contributed by atoms with Crippen molar-refractivity contribution in [3.63, 3.8) is 0 Å². The Hall–Kier alpha value is -1.14. The lowest BCUT2D eigenvalue weighted by Crippen LogP contribution is -2.32. The Bertz CT molecular complexity index is 261. The van der Waals surface area contributed by atoms with Crippen LogP contribution in [-0.4, -0.2) is 35.2 Å². The van der Waals surface area contributed by atoms with Gasteiger partial charge in [0, 0.05) is 6.42 Å². The molecule has 106 valence electrons. The third kappa shape index (κ3) is 5.97. The Morgan fingerprint density at radius 3 is 1.67 bits per heavy atom. The van der Waals surface area contributed by atoms with Crippen LogP contribution in [0.3, 0.4) is 0 Å². The van der Waals surface area contributed by atoms with Gasteiger partial charge in [-0.2, -0.15) is 0 Å². The molecule has 0 unspecified atom stereocenters. The molecule has 6 heteroatoms. The van der Waals surface area contributed by atoms with Crippen LogP contribution in [0.15, 0.2) is 0 Å². The lowest BCUT2D eigenvalue weighted by molar-refractivity contribution is -0.151. The van der Waals surface area contributed by atoms with Crippen molar-refractivity contribution in [3.8, 4) is 0 Å². The zero-order chi connectivity index (χ0) is 14.0. The van der Waals surface area contributed by atoms with E-state index in [1.165, 1.54) is 0 Å². The van der Waals surface area contributed by atoms with Gasteiger partial charge in [0.05, 0.1) is 5.41 Å². The van der Waals surface area contributed by atoms with E-state index in [2.05, 4.69) is 0 Å². The number of carboxylic acids is 2. The third-order valence-electron chi connectivity index (χ3n) is 3.22. The number of carbonyl (C=O) groups is 2. The summed E-state index contributed by atoms with van der Waals surface area (Å²) in [5.74, 6) is -1.76. The molecule has 0 aromatic carbocycles. The fourth-order valence-electron chi connectivity index (χ4n) is 2.15. The average molecular weight is 260 g/mol. The van der Waals surface area contributed by atoms with Crippen molar-refractivity contribution >= 4 is 11.9 Å². The second kappa shape index (κ2) is 8.88. The topological polar surface area (TPSA) is 127 Å². The van der Waals surface area contributed by atoms with Crippen LogP contribution in [0.4, 0.5) is 0 Å². The highest BCUT2D eigenvalue weighted by atomic mass is 16.4. The molecule has 0 atom stereocenters. The fraction of sp³-hybridized carbons (Fsp3) is 0.833. The van der Waals surface area contributed by atoms with Gasteiger partial charge in [0.25, 0.3) is 0 Å². The Balaban J connectivity index is 4.59. The van der Waals surface area contributed by atoms with Crippen LogP contribution >= 0.6 is 0 Å². The maximum absolute atomic E-state index is 11.5. The second-order valence-corrected chi connectivity index (χ2v) is 4.62. The van der Waals surface area contributed by atoms with Gasteiger partial charge in [-0.25, -0.2) is 0 Å². The van der Waals surface area contributed by atoms with E-state index in [0.29, 0.717) is 51.6 Å². The van der Waals surface area contributed by atoms with Crippen molar-refractivity contribution in [1.82, 2.24) is 0 Å². The van der Waals surface area contributed by atoms with Gasteiger partial charge in [0.1, 0.15) is 0 Å². The van der Waals surface area contributed by atoms with Crippen molar-refractivity contribution in [1.29, 1.82) is 0 Å². The van der Waals surface area contributed by atoms with Gasteiger partial charge in [-0.05, 0) is 51.6 Å². The molecule has 0 heterocycles. The highest BCUT2D eigenvalue weighted by molar-refractivity contribution is 5.74. The molecule has 0 radical (unpaired) electrons. The summed E-state index contributed by atoms with van der Waals surface area (Å²) in [5.41, 5.74) is 9.99. The second-order valence-electron chi connectivity index (χ2n) is 4.62. The summed E-state index contributed by atoms with van der Waals surface area (Å²) in [6.07, 6.45) is 2.97. The normalized spacial score (nSPS) is 11.4. The molecule has 0 amide bonds. The number of nitrogens with two attached hydrogens (primary N) is 2. The first kappa shape index (κ1) is 16.9. The molecule has 0 aliphatic heterocycles. The van der Waals surface area contributed by atoms with Crippen molar-refractivity contribution in [2.24, 2.45) is 16.9 Å². The number of hydrogen-bond acceptors (Lipinski definition) is 4. The Kier molecular flexibility index (Phi) is 8.32. The highest BCUT2D eigenvalue weighted by Gasteiger charge is 2.36. The van der Waals surface area contributed by atoms with E-state index in [4.69, 9.17) is 16.6 Å². The Morgan fingerprint density at radius 2 is 1.33 bits per heavy atom. The molecule has 0 fully saturated rings. The predicted molar refractivity (Wildman–Crippen MR) is 68.1 cm³/mol. The summed E-state index contributed by atoms with van der Waals surface area (Å²) >= 11 is 0. The molecule has 0 spiro atoms. The van der Waals surface area contributed by atoms with E-state index in [1.807, 2.05) is 0 Å². The van der Waals surface area contributed by atoms with E-state index in [-0.39, 0.29) is 6.42 Å². The fourth-order valence-corrected chi connectivity index (χ4v) is 2.15. The maximum atomic E-state index is 11.5. The monoisotopic (exact) mass is 260 g/mol. The lowest BCUT2D eigenvalue weighted by atomic mass is 9.75. The van der Waals surface area contributed by atoms with Gasteiger partial charge in [-0.1, -0.05) is 0 Å². The van der Waals surface area contributed by atoms with E-state index in [1.54, 1.807) is 0 Å². The summed E-state index contributed by atoms with van der Waals surface area (Å²) in [4.78, 5) is 22.0. The summed E-state index contributed by atoms with van der Waals surface area (Å²) < 4.78 is 0.